The molecule has 0 spiro atoms. The summed E-state index contributed by atoms with van der Waals surface area (Å²) in [4.78, 5) is 14.8. The summed E-state index contributed by atoms with van der Waals surface area (Å²) in [6, 6.07) is 8.12. The molecule has 0 aliphatic carbocycles. The molecule has 0 saturated carbocycles. The number of hydrogen-bond acceptors (Lipinski definition) is 2. The lowest BCUT2D eigenvalue weighted by Gasteiger charge is -2.15. The van der Waals surface area contributed by atoms with E-state index in [9.17, 15) is 4.79 Å². The van der Waals surface area contributed by atoms with Gasteiger partial charge in [-0.05, 0) is 58.7 Å². The first-order valence-corrected chi connectivity index (χ1v) is 8.74. The molecule has 1 atom stereocenters. The van der Waals surface area contributed by atoms with Crippen molar-refractivity contribution in [2.75, 3.05) is 11.9 Å². The largest absolute Gasteiger partial charge is 0.298 e. The molecular weight excluding hydrogens is 433 g/mol. The number of hydrogen-bond donors (Lipinski definition) is 0. The van der Waals surface area contributed by atoms with E-state index < -0.39 is 0 Å². The second-order valence-corrected chi connectivity index (χ2v) is 6.32. The summed E-state index contributed by atoms with van der Waals surface area (Å²) in [5, 5.41) is 3.91. The van der Waals surface area contributed by atoms with Gasteiger partial charge >= 0.3 is 0 Å². The molecule has 108 valence electrons. The number of halogens is 2. The van der Waals surface area contributed by atoms with E-state index in [0.717, 1.165) is 34.8 Å². The van der Waals surface area contributed by atoms with Crippen molar-refractivity contribution in [3.05, 3.63) is 43.8 Å². The number of benzene rings is 1. The standard InChI is InChI=1S/C14H17BrIN3O/c15-10-14(20)13(7-2-1-3-8-18-19-17)11-5-4-6-12(16)9-11/h4-6,9,13H,1-3,7-8,10H2. The third-order valence-electron chi connectivity index (χ3n) is 3.09. The fourth-order valence-corrected chi connectivity index (χ4v) is 3.04. The van der Waals surface area contributed by atoms with Gasteiger partial charge in [0.2, 0.25) is 0 Å². The number of Topliss-reactive ketones (excluding diaryl/α,β-unsaturated/α-hetero) is 1. The molecule has 0 radical (unpaired) electrons. The molecule has 0 N–H and O–H groups in total. The molecule has 1 unspecified atom stereocenters. The topological polar surface area (TPSA) is 65.8 Å². The Bertz CT molecular complexity index is 489. The Balaban J connectivity index is 2.57. The number of rotatable bonds is 9. The average molecular weight is 450 g/mol. The smallest absolute Gasteiger partial charge is 0.150 e. The maximum absolute atomic E-state index is 12.1. The number of carbonyl (C=O) groups is 1. The fraction of sp³-hybridized carbons (Fsp3) is 0.500. The molecule has 4 nitrogen and oxygen atoms in total. The van der Waals surface area contributed by atoms with Gasteiger partial charge in [0.05, 0.1) is 5.33 Å². The molecule has 0 fully saturated rings. The van der Waals surface area contributed by atoms with Crippen molar-refractivity contribution in [1.29, 1.82) is 0 Å². The minimum absolute atomic E-state index is 0.0384. The van der Waals surface area contributed by atoms with Gasteiger partial charge in [0.1, 0.15) is 0 Å². The number of nitrogens with zero attached hydrogens (tertiary/aromatic N) is 3. The van der Waals surface area contributed by atoms with E-state index in [1.54, 1.807) is 0 Å². The molecule has 6 heteroatoms. The van der Waals surface area contributed by atoms with E-state index in [1.807, 2.05) is 18.2 Å². The van der Waals surface area contributed by atoms with Gasteiger partial charge in [0.15, 0.2) is 5.78 Å². The number of alkyl halides is 1. The second-order valence-electron chi connectivity index (χ2n) is 4.51. The third kappa shape index (κ3) is 6.24. The summed E-state index contributed by atoms with van der Waals surface area (Å²) in [6.45, 7) is 0.538. The van der Waals surface area contributed by atoms with Crippen LogP contribution in [-0.2, 0) is 4.79 Å². The maximum atomic E-state index is 12.1. The summed E-state index contributed by atoms with van der Waals surface area (Å²) < 4.78 is 1.15. The number of azide groups is 1. The summed E-state index contributed by atoms with van der Waals surface area (Å²) >= 11 is 5.53. The van der Waals surface area contributed by atoms with Crippen molar-refractivity contribution in [3.8, 4) is 0 Å². The van der Waals surface area contributed by atoms with Crippen molar-refractivity contribution in [2.45, 2.75) is 31.6 Å². The lowest BCUT2D eigenvalue weighted by atomic mass is 9.90. The van der Waals surface area contributed by atoms with Crippen LogP contribution in [0.5, 0.6) is 0 Å². The van der Waals surface area contributed by atoms with Gasteiger partial charge in [-0.25, -0.2) is 0 Å². The number of unbranched alkanes of at least 4 members (excludes halogenated alkanes) is 2. The SMILES string of the molecule is [N-]=[N+]=NCCCCCC(C(=O)CBr)c1cccc(I)c1. The molecule has 0 saturated heterocycles. The highest BCUT2D eigenvalue weighted by atomic mass is 127. The number of ketones is 1. The normalized spacial score (nSPS) is 11.7. The molecule has 0 aliphatic rings. The molecule has 0 amide bonds. The average Bonchev–Trinajstić information content (AvgIpc) is 2.46. The van der Waals surface area contributed by atoms with E-state index in [4.69, 9.17) is 5.53 Å². The van der Waals surface area contributed by atoms with Crippen LogP contribution in [0.3, 0.4) is 0 Å². The third-order valence-corrected chi connectivity index (χ3v) is 4.31. The summed E-state index contributed by atoms with van der Waals surface area (Å²) in [5.41, 5.74) is 9.29. The minimum Gasteiger partial charge on any atom is -0.298 e. The summed E-state index contributed by atoms with van der Waals surface area (Å²) in [5.74, 6) is 0.186. The number of carbonyl (C=O) groups excluding carboxylic acids is 1. The Morgan fingerprint density at radius 2 is 2.20 bits per heavy atom. The zero-order chi connectivity index (χ0) is 14.8. The van der Waals surface area contributed by atoms with Crippen LogP contribution in [0.25, 0.3) is 10.4 Å². The van der Waals surface area contributed by atoms with Crippen molar-refractivity contribution < 1.29 is 4.79 Å². The van der Waals surface area contributed by atoms with Crippen LogP contribution in [0.15, 0.2) is 29.4 Å². The van der Waals surface area contributed by atoms with Crippen LogP contribution < -0.4 is 0 Å². The molecule has 1 rings (SSSR count). The van der Waals surface area contributed by atoms with Gasteiger partial charge in [-0.15, -0.1) is 0 Å². The van der Waals surface area contributed by atoms with Crippen LogP contribution in [0.2, 0.25) is 0 Å². The Morgan fingerprint density at radius 1 is 1.40 bits per heavy atom. The van der Waals surface area contributed by atoms with Gasteiger partial charge in [-0.3, -0.25) is 4.79 Å². The highest BCUT2D eigenvalue weighted by Crippen LogP contribution is 2.25. The molecule has 20 heavy (non-hydrogen) atoms. The molecule has 0 bridgehead atoms. The summed E-state index contributed by atoms with van der Waals surface area (Å²) in [6.07, 6.45) is 3.68. The van der Waals surface area contributed by atoms with Crippen LogP contribution in [0.4, 0.5) is 0 Å². The van der Waals surface area contributed by atoms with Crippen LogP contribution in [-0.4, -0.2) is 17.7 Å². The van der Waals surface area contributed by atoms with Crippen LogP contribution in [0, 0.1) is 3.57 Å². The predicted octanol–water partition coefficient (Wildman–Crippen LogP) is 5.21. The van der Waals surface area contributed by atoms with Gasteiger partial charge in [0.25, 0.3) is 0 Å². The van der Waals surface area contributed by atoms with Crippen molar-refractivity contribution in [1.82, 2.24) is 0 Å². The Morgan fingerprint density at radius 3 is 2.85 bits per heavy atom. The highest BCUT2D eigenvalue weighted by molar-refractivity contribution is 14.1. The first kappa shape index (κ1) is 17.5. The molecule has 0 aliphatic heterocycles. The van der Waals surface area contributed by atoms with Gasteiger partial charge in [-0.2, -0.15) is 0 Å². The van der Waals surface area contributed by atoms with Gasteiger partial charge in [0, 0.05) is 20.9 Å². The molecule has 0 aromatic heterocycles. The molecule has 1 aromatic carbocycles. The fourth-order valence-electron chi connectivity index (χ4n) is 2.08. The molecular formula is C14H17BrIN3O. The van der Waals surface area contributed by atoms with Gasteiger partial charge < -0.3 is 0 Å². The lowest BCUT2D eigenvalue weighted by molar-refractivity contribution is -0.118. The van der Waals surface area contributed by atoms with Crippen molar-refractivity contribution in [3.63, 3.8) is 0 Å². The van der Waals surface area contributed by atoms with E-state index in [0.29, 0.717) is 11.9 Å². The van der Waals surface area contributed by atoms with Crippen molar-refractivity contribution >= 4 is 44.3 Å². The Hall–Kier alpha value is -0.590. The lowest BCUT2D eigenvalue weighted by Crippen LogP contribution is -2.14. The minimum atomic E-state index is -0.0384. The maximum Gasteiger partial charge on any atom is 0.150 e. The van der Waals surface area contributed by atoms with E-state index in [2.05, 4.69) is 54.6 Å². The van der Waals surface area contributed by atoms with E-state index in [-0.39, 0.29) is 11.7 Å². The first-order chi connectivity index (χ1) is 9.69. The Kier molecular flexibility index (Phi) is 8.89. The first-order valence-electron chi connectivity index (χ1n) is 6.54. The zero-order valence-electron chi connectivity index (χ0n) is 11.1. The molecule has 1 aromatic rings. The predicted molar refractivity (Wildman–Crippen MR) is 93.2 cm³/mol. The van der Waals surface area contributed by atoms with E-state index in [1.165, 1.54) is 0 Å². The van der Waals surface area contributed by atoms with Crippen molar-refractivity contribution in [2.24, 2.45) is 5.11 Å². The highest BCUT2D eigenvalue weighted by Gasteiger charge is 2.19. The van der Waals surface area contributed by atoms with Gasteiger partial charge in [-0.1, -0.05) is 46.0 Å². The quantitative estimate of drug-likeness (QED) is 0.127. The summed E-state index contributed by atoms with van der Waals surface area (Å²) in [7, 11) is 0. The molecule has 0 heterocycles. The monoisotopic (exact) mass is 449 g/mol. The zero-order valence-corrected chi connectivity index (χ0v) is 14.9. The van der Waals surface area contributed by atoms with Crippen LogP contribution >= 0.6 is 38.5 Å². The second kappa shape index (κ2) is 10.2. The Labute approximate surface area is 141 Å². The van der Waals surface area contributed by atoms with E-state index >= 15 is 0 Å². The van der Waals surface area contributed by atoms with Crippen LogP contribution in [0.1, 0.15) is 37.2 Å².